The number of para-hydroxylation sites is 1. The van der Waals surface area contributed by atoms with Crippen molar-refractivity contribution in [2.45, 2.75) is 26.4 Å². The first-order valence-corrected chi connectivity index (χ1v) is 13.8. The van der Waals surface area contributed by atoms with Crippen LogP contribution >= 0.6 is 0 Å². The summed E-state index contributed by atoms with van der Waals surface area (Å²) in [6.07, 6.45) is 0.773. The molecule has 0 bridgehead atoms. The van der Waals surface area contributed by atoms with Crippen molar-refractivity contribution in [1.29, 1.82) is 0 Å². The van der Waals surface area contributed by atoms with Crippen LogP contribution in [0.5, 0.6) is 5.75 Å². The van der Waals surface area contributed by atoms with Crippen LogP contribution in [0.3, 0.4) is 0 Å². The molecule has 7 nitrogen and oxygen atoms in total. The molecule has 1 aliphatic rings. The molecule has 40 heavy (non-hydrogen) atoms. The van der Waals surface area contributed by atoms with Crippen molar-refractivity contribution in [1.82, 2.24) is 14.7 Å². The molecule has 3 aromatic carbocycles. The molecule has 0 saturated heterocycles. The molecule has 0 saturated carbocycles. The molecule has 3 aromatic rings. The number of halogens is 1. The summed E-state index contributed by atoms with van der Waals surface area (Å²) in [5.74, 6) is 0.271. The Labute approximate surface area is 236 Å². The zero-order valence-corrected chi connectivity index (χ0v) is 23.7. The number of hydrogen-bond donors (Lipinski definition) is 0. The minimum absolute atomic E-state index is 0.0303. The van der Waals surface area contributed by atoms with Gasteiger partial charge in [-0.2, -0.15) is 0 Å². The van der Waals surface area contributed by atoms with Crippen molar-refractivity contribution in [2.24, 2.45) is 0 Å². The number of carbonyl (C=O) groups excluding carboxylic acids is 2. The molecule has 0 atom stereocenters. The van der Waals surface area contributed by atoms with Crippen molar-refractivity contribution in [2.75, 3.05) is 58.3 Å². The molecule has 2 amide bonds. The number of fused-ring (bicyclic) bond motifs is 1. The van der Waals surface area contributed by atoms with E-state index in [9.17, 15) is 14.0 Å². The van der Waals surface area contributed by atoms with Gasteiger partial charge in [-0.05, 0) is 68.0 Å². The van der Waals surface area contributed by atoms with E-state index in [-0.39, 0.29) is 17.6 Å². The summed E-state index contributed by atoms with van der Waals surface area (Å²) in [6, 6.07) is 21.7. The summed E-state index contributed by atoms with van der Waals surface area (Å²) in [4.78, 5) is 34.6. The van der Waals surface area contributed by atoms with Gasteiger partial charge in [0, 0.05) is 64.0 Å². The molecular weight excluding hydrogens is 507 g/mol. The van der Waals surface area contributed by atoms with Crippen LogP contribution in [-0.2, 0) is 17.9 Å². The normalized spacial score (nSPS) is 14.9. The minimum Gasteiger partial charge on any atom is -0.492 e. The van der Waals surface area contributed by atoms with Gasteiger partial charge in [0.15, 0.2) is 0 Å². The van der Waals surface area contributed by atoms with E-state index in [1.807, 2.05) is 66.4 Å². The van der Waals surface area contributed by atoms with E-state index < -0.39 is 0 Å². The Morgan fingerprint density at radius 3 is 2.45 bits per heavy atom. The largest absolute Gasteiger partial charge is 0.492 e. The highest BCUT2D eigenvalue weighted by Crippen LogP contribution is 2.25. The number of anilines is 1. The van der Waals surface area contributed by atoms with Gasteiger partial charge in [0.2, 0.25) is 5.91 Å². The lowest BCUT2D eigenvalue weighted by Gasteiger charge is -2.28. The second-order valence-electron chi connectivity index (χ2n) is 10.5. The van der Waals surface area contributed by atoms with Crippen LogP contribution in [0.25, 0.3) is 0 Å². The first kappa shape index (κ1) is 29.2. The predicted octanol–water partition coefficient (Wildman–Crippen LogP) is 4.67. The first-order chi connectivity index (χ1) is 19.3. The highest BCUT2D eigenvalue weighted by atomic mass is 19.1. The molecular formula is C32H39FN4O3. The highest BCUT2D eigenvalue weighted by molar-refractivity contribution is 5.95. The van der Waals surface area contributed by atoms with Gasteiger partial charge in [0.1, 0.15) is 18.2 Å². The van der Waals surface area contributed by atoms with E-state index >= 15 is 0 Å². The molecule has 1 heterocycles. The van der Waals surface area contributed by atoms with Gasteiger partial charge in [-0.15, -0.1) is 0 Å². The molecule has 4 rings (SSSR count). The molecule has 0 radical (unpaired) electrons. The molecule has 0 fully saturated rings. The van der Waals surface area contributed by atoms with E-state index in [4.69, 9.17) is 4.74 Å². The van der Waals surface area contributed by atoms with Gasteiger partial charge in [-0.25, -0.2) is 4.39 Å². The Balaban J connectivity index is 1.61. The molecule has 212 valence electrons. The fourth-order valence-electron chi connectivity index (χ4n) is 4.89. The third kappa shape index (κ3) is 8.13. The average molecular weight is 547 g/mol. The summed E-state index contributed by atoms with van der Waals surface area (Å²) in [5.41, 5.74) is 3.32. The van der Waals surface area contributed by atoms with Gasteiger partial charge in [-0.1, -0.05) is 36.4 Å². The van der Waals surface area contributed by atoms with Crippen LogP contribution in [0.2, 0.25) is 0 Å². The zero-order valence-electron chi connectivity index (χ0n) is 23.7. The molecule has 0 aliphatic carbocycles. The van der Waals surface area contributed by atoms with Crippen LogP contribution < -0.4 is 9.64 Å². The van der Waals surface area contributed by atoms with Crippen LogP contribution in [0.1, 0.15) is 34.8 Å². The SMILES string of the molecule is CC(=O)N1CCCN(Cc2ccc(F)cc2)CCN(C(=O)c2cccc(OCCN(C)C)c2)Cc2ccccc21. The smallest absolute Gasteiger partial charge is 0.254 e. The number of hydrogen-bond acceptors (Lipinski definition) is 5. The Morgan fingerprint density at radius 2 is 1.70 bits per heavy atom. The van der Waals surface area contributed by atoms with E-state index in [0.717, 1.165) is 36.3 Å². The van der Waals surface area contributed by atoms with Crippen LogP contribution in [0.15, 0.2) is 72.8 Å². The number of rotatable bonds is 7. The number of ether oxygens (including phenoxy) is 1. The van der Waals surface area contributed by atoms with E-state index in [1.165, 1.54) is 12.1 Å². The monoisotopic (exact) mass is 546 g/mol. The van der Waals surface area contributed by atoms with E-state index in [2.05, 4.69) is 4.90 Å². The zero-order chi connectivity index (χ0) is 28.5. The quantitative estimate of drug-likeness (QED) is 0.431. The third-order valence-electron chi connectivity index (χ3n) is 7.06. The maximum Gasteiger partial charge on any atom is 0.254 e. The van der Waals surface area contributed by atoms with Gasteiger partial charge in [0.05, 0.1) is 0 Å². The number of benzene rings is 3. The lowest BCUT2D eigenvalue weighted by Crippen LogP contribution is -2.38. The number of nitrogens with zero attached hydrogens (tertiary/aromatic N) is 4. The van der Waals surface area contributed by atoms with Crippen LogP contribution in [-0.4, -0.2) is 79.9 Å². The first-order valence-electron chi connectivity index (χ1n) is 13.8. The fourth-order valence-corrected chi connectivity index (χ4v) is 4.89. The Morgan fingerprint density at radius 1 is 0.925 bits per heavy atom. The molecule has 0 spiro atoms. The summed E-state index contributed by atoms with van der Waals surface area (Å²) in [5, 5.41) is 0. The minimum atomic E-state index is -0.263. The molecule has 0 aromatic heterocycles. The van der Waals surface area contributed by atoms with Crippen molar-refractivity contribution >= 4 is 17.5 Å². The highest BCUT2D eigenvalue weighted by Gasteiger charge is 2.23. The van der Waals surface area contributed by atoms with Crippen molar-refractivity contribution in [3.05, 3.63) is 95.3 Å². The second-order valence-corrected chi connectivity index (χ2v) is 10.5. The van der Waals surface area contributed by atoms with Gasteiger partial charge in [-0.3, -0.25) is 14.5 Å². The summed E-state index contributed by atoms with van der Waals surface area (Å²) in [7, 11) is 3.98. The summed E-state index contributed by atoms with van der Waals surface area (Å²) >= 11 is 0. The maximum atomic E-state index is 13.9. The lowest BCUT2D eigenvalue weighted by molar-refractivity contribution is -0.116. The van der Waals surface area contributed by atoms with E-state index in [1.54, 1.807) is 30.0 Å². The number of likely N-dealkylation sites (N-methyl/N-ethyl adjacent to an activating group) is 1. The number of carbonyl (C=O) groups is 2. The van der Waals surface area contributed by atoms with Crippen LogP contribution in [0.4, 0.5) is 10.1 Å². The van der Waals surface area contributed by atoms with Crippen molar-refractivity contribution in [3.8, 4) is 5.75 Å². The standard InChI is InChI=1S/C32H39FN4O3/c1-25(38)37-17-7-16-35(23-26-12-14-29(33)15-13-26)18-19-36(24-28-8-4-5-11-31(28)37)32(39)27-9-6-10-30(22-27)40-21-20-34(2)3/h4-6,8-15,22H,7,16-21,23-24H2,1-3H3. The Bertz CT molecular complexity index is 1280. The fraction of sp³-hybridized carbons (Fsp3) is 0.375. The summed E-state index contributed by atoms with van der Waals surface area (Å²) < 4.78 is 19.4. The maximum absolute atomic E-state index is 13.9. The second kappa shape index (κ2) is 14.1. The van der Waals surface area contributed by atoms with Crippen molar-refractivity contribution < 1.29 is 18.7 Å². The van der Waals surface area contributed by atoms with Gasteiger partial charge < -0.3 is 19.4 Å². The Kier molecular flexibility index (Phi) is 10.3. The van der Waals surface area contributed by atoms with E-state index in [0.29, 0.717) is 50.6 Å². The summed E-state index contributed by atoms with van der Waals surface area (Å²) in [6.45, 7) is 6.34. The van der Waals surface area contributed by atoms with Crippen LogP contribution in [0, 0.1) is 5.82 Å². The average Bonchev–Trinajstić information content (AvgIpc) is 2.97. The van der Waals surface area contributed by atoms with Gasteiger partial charge >= 0.3 is 0 Å². The molecule has 0 unspecified atom stereocenters. The third-order valence-corrected chi connectivity index (χ3v) is 7.06. The molecule has 0 N–H and O–H groups in total. The molecule has 1 aliphatic heterocycles. The van der Waals surface area contributed by atoms with Crippen molar-refractivity contribution in [3.63, 3.8) is 0 Å². The number of amides is 2. The van der Waals surface area contributed by atoms with Gasteiger partial charge in [0.25, 0.3) is 5.91 Å². The molecule has 8 heteroatoms. The predicted molar refractivity (Wildman–Crippen MR) is 156 cm³/mol. The Hall–Kier alpha value is -3.75. The lowest BCUT2D eigenvalue weighted by atomic mass is 10.1. The topological polar surface area (TPSA) is 56.3 Å².